The fourth-order valence-corrected chi connectivity index (χ4v) is 4.44. The molecule has 2 atom stereocenters. The van der Waals surface area contributed by atoms with Crippen molar-refractivity contribution in [2.24, 2.45) is 11.8 Å². The van der Waals surface area contributed by atoms with Gasteiger partial charge in [0.15, 0.2) is 0 Å². The van der Waals surface area contributed by atoms with Gasteiger partial charge in [-0.2, -0.15) is 0 Å². The number of hydrogen-bond donors (Lipinski definition) is 5. The first-order valence-corrected chi connectivity index (χ1v) is 13.4. The Hall–Kier alpha value is -4.41. The van der Waals surface area contributed by atoms with Gasteiger partial charge in [-0.3, -0.25) is 24.0 Å². The van der Waals surface area contributed by atoms with Crippen LogP contribution in [0.2, 0.25) is 0 Å². The monoisotopic (exact) mass is 549 g/mol. The molecule has 5 N–H and O–H groups in total. The number of fused-ring (bicyclic) bond motifs is 1. The topological polar surface area (TPSA) is 162 Å². The molecule has 0 bridgehead atoms. The van der Waals surface area contributed by atoms with Crippen molar-refractivity contribution < 1.29 is 23.9 Å². The van der Waals surface area contributed by atoms with Crippen LogP contribution in [0, 0.1) is 11.8 Å². The summed E-state index contributed by atoms with van der Waals surface area (Å²) >= 11 is 0. The maximum absolute atomic E-state index is 13.5. The van der Waals surface area contributed by atoms with Crippen molar-refractivity contribution in [3.05, 3.63) is 64.2 Å². The number of hydrogen-bond acceptors (Lipinski definition) is 6. The molecule has 1 aromatic carbocycles. The average Bonchev–Trinajstić information content (AvgIpc) is 3.65. The molecule has 2 aromatic heterocycles. The number of benzene rings is 1. The highest BCUT2D eigenvalue weighted by molar-refractivity contribution is 6.38. The quantitative estimate of drug-likeness (QED) is 0.204. The largest absolute Gasteiger partial charge is 0.496 e. The highest BCUT2D eigenvalue weighted by atomic mass is 16.5. The van der Waals surface area contributed by atoms with E-state index in [-0.39, 0.29) is 36.1 Å². The van der Waals surface area contributed by atoms with Crippen molar-refractivity contribution >= 4 is 34.4 Å². The first-order chi connectivity index (χ1) is 19.2. The van der Waals surface area contributed by atoms with Gasteiger partial charge in [-0.15, -0.1) is 0 Å². The first kappa shape index (κ1) is 28.6. The van der Waals surface area contributed by atoms with Crippen LogP contribution in [-0.2, 0) is 20.8 Å². The predicted octanol–water partition coefficient (Wildman–Crippen LogP) is 1.83. The smallest absolute Gasteiger partial charge is 0.289 e. The van der Waals surface area contributed by atoms with Gasteiger partial charge in [-0.1, -0.05) is 38.8 Å². The summed E-state index contributed by atoms with van der Waals surface area (Å²) in [4.78, 5) is 70.3. The molecule has 3 aromatic rings. The molecule has 0 spiro atoms. The van der Waals surface area contributed by atoms with E-state index in [0.29, 0.717) is 17.7 Å². The van der Waals surface area contributed by atoms with Crippen LogP contribution in [-0.4, -0.2) is 59.2 Å². The molecule has 11 heteroatoms. The summed E-state index contributed by atoms with van der Waals surface area (Å²) in [5.74, 6) is -1.82. The molecular weight excluding hydrogens is 514 g/mol. The molecular formula is C29H35N5O6. The molecule has 2 heterocycles. The second kappa shape index (κ2) is 12.6. The second-order valence-corrected chi connectivity index (χ2v) is 10.6. The Morgan fingerprint density at radius 3 is 2.50 bits per heavy atom. The van der Waals surface area contributed by atoms with Gasteiger partial charge in [0.1, 0.15) is 23.5 Å². The predicted molar refractivity (Wildman–Crippen MR) is 149 cm³/mol. The summed E-state index contributed by atoms with van der Waals surface area (Å²) in [5.41, 5.74) is 0.783. The van der Waals surface area contributed by atoms with Gasteiger partial charge >= 0.3 is 0 Å². The van der Waals surface area contributed by atoms with Crippen molar-refractivity contribution in [1.82, 2.24) is 25.9 Å². The zero-order chi connectivity index (χ0) is 28.8. The third-order valence-electron chi connectivity index (χ3n) is 6.83. The zero-order valence-electron chi connectivity index (χ0n) is 22.8. The Bertz CT molecular complexity index is 1450. The van der Waals surface area contributed by atoms with Gasteiger partial charge < -0.3 is 30.7 Å². The number of carbonyl (C=O) groups is 4. The summed E-state index contributed by atoms with van der Waals surface area (Å²) in [6.45, 7) is 4.07. The van der Waals surface area contributed by atoms with E-state index in [1.807, 2.05) is 19.9 Å². The van der Waals surface area contributed by atoms with Crippen molar-refractivity contribution in [3.63, 3.8) is 0 Å². The van der Waals surface area contributed by atoms with Crippen molar-refractivity contribution in [2.75, 3.05) is 13.7 Å². The summed E-state index contributed by atoms with van der Waals surface area (Å²) in [6.07, 6.45) is 3.53. The van der Waals surface area contributed by atoms with Gasteiger partial charge in [-0.05, 0) is 42.5 Å². The second-order valence-electron chi connectivity index (χ2n) is 10.6. The molecule has 4 rings (SSSR count). The lowest BCUT2D eigenvalue weighted by molar-refractivity contribution is -0.140. The normalized spacial score (nSPS) is 14.4. The Kier molecular flexibility index (Phi) is 9.03. The van der Waals surface area contributed by atoms with Gasteiger partial charge in [0, 0.05) is 35.6 Å². The lowest BCUT2D eigenvalue weighted by atomic mass is 10.0. The lowest BCUT2D eigenvalue weighted by Gasteiger charge is -2.22. The van der Waals surface area contributed by atoms with Gasteiger partial charge in [0.25, 0.3) is 17.4 Å². The molecule has 1 aliphatic carbocycles. The minimum atomic E-state index is -1.29. The molecule has 212 valence electrons. The van der Waals surface area contributed by atoms with Crippen LogP contribution in [0.15, 0.2) is 47.4 Å². The van der Waals surface area contributed by atoms with Crippen LogP contribution in [0.3, 0.4) is 0 Å². The minimum Gasteiger partial charge on any atom is -0.496 e. The Labute approximate surface area is 231 Å². The van der Waals surface area contributed by atoms with Crippen molar-refractivity contribution in [3.8, 4) is 5.75 Å². The number of Topliss-reactive ketones (excluding diaryl/α,β-unsaturated/α-hetero) is 1. The van der Waals surface area contributed by atoms with Gasteiger partial charge in [0.05, 0.1) is 7.11 Å². The van der Waals surface area contributed by atoms with Crippen LogP contribution >= 0.6 is 0 Å². The van der Waals surface area contributed by atoms with Gasteiger partial charge in [0.2, 0.25) is 11.7 Å². The molecule has 0 saturated heterocycles. The van der Waals surface area contributed by atoms with Crippen LogP contribution in [0.1, 0.15) is 49.2 Å². The van der Waals surface area contributed by atoms with Crippen molar-refractivity contribution in [2.45, 2.75) is 51.6 Å². The molecule has 0 radical (unpaired) electrons. The number of rotatable bonds is 13. The molecule has 0 unspecified atom stereocenters. The van der Waals surface area contributed by atoms with E-state index in [1.165, 1.54) is 12.3 Å². The summed E-state index contributed by atoms with van der Waals surface area (Å²) in [7, 11) is 1.54. The van der Waals surface area contributed by atoms with Gasteiger partial charge in [-0.25, -0.2) is 0 Å². The standard InChI is InChI=1S/C29H35N5O6/c1-16(2)15-31-29(39)25(35)21(13-18-6-5-11-30-26(18)36)33-27(37)22(12-17-9-10-17)34-28(38)23-14-19-20(32-23)7-4-8-24(19)40-3/h4-8,11,14,16-17,21-22,32H,9-10,12-13,15H2,1-3H3,(H,30,36)(H,31,39)(H,33,37)(H,34,38)/t21-,22-/m0/s1. The highest BCUT2D eigenvalue weighted by Gasteiger charge is 2.34. The molecule has 40 heavy (non-hydrogen) atoms. The fraction of sp³-hybridized carbons (Fsp3) is 0.414. The SMILES string of the molecule is COc1cccc2[nH]c(C(=O)N[C@@H](CC3CC3)C(=O)N[C@@H](Cc3ccc[nH]c3=O)C(=O)C(=O)NCC(C)C)cc12. The van der Waals surface area contributed by atoms with E-state index in [1.54, 1.807) is 31.4 Å². The first-order valence-electron chi connectivity index (χ1n) is 13.4. The van der Waals surface area contributed by atoms with Crippen LogP contribution in [0.5, 0.6) is 5.75 Å². The highest BCUT2D eigenvalue weighted by Crippen LogP contribution is 2.34. The number of pyridine rings is 1. The number of aromatic nitrogens is 2. The summed E-state index contributed by atoms with van der Waals surface area (Å²) in [6, 6.07) is 7.95. The van der Waals surface area contributed by atoms with E-state index in [4.69, 9.17) is 4.74 Å². The molecule has 1 fully saturated rings. The minimum absolute atomic E-state index is 0.115. The van der Waals surface area contributed by atoms with Crippen LogP contribution in [0.25, 0.3) is 10.9 Å². The lowest BCUT2D eigenvalue weighted by Crippen LogP contribution is -2.55. The Morgan fingerprint density at radius 1 is 1.05 bits per heavy atom. The van der Waals surface area contributed by atoms with E-state index in [0.717, 1.165) is 18.2 Å². The third kappa shape index (κ3) is 7.16. The fourth-order valence-electron chi connectivity index (χ4n) is 4.44. The number of amides is 3. The number of H-pyrrole nitrogens is 2. The molecule has 3 amide bonds. The number of aromatic amines is 2. The summed E-state index contributed by atoms with van der Waals surface area (Å²) in [5, 5.41) is 8.74. The molecule has 1 aliphatic rings. The number of ether oxygens (including phenoxy) is 1. The maximum atomic E-state index is 13.5. The number of carbonyl (C=O) groups excluding carboxylic acids is 4. The van der Waals surface area contributed by atoms with Crippen LogP contribution < -0.4 is 26.2 Å². The number of nitrogens with one attached hydrogen (secondary N) is 5. The molecule has 0 aliphatic heterocycles. The third-order valence-corrected chi connectivity index (χ3v) is 6.83. The number of methoxy groups -OCH3 is 1. The maximum Gasteiger partial charge on any atom is 0.289 e. The zero-order valence-corrected chi connectivity index (χ0v) is 22.8. The van der Waals surface area contributed by atoms with Crippen LogP contribution in [0.4, 0.5) is 0 Å². The van der Waals surface area contributed by atoms with E-state index in [9.17, 15) is 24.0 Å². The molecule has 1 saturated carbocycles. The van der Waals surface area contributed by atoms with E-state index < -0.39 is 41.1 Å². The molecule has 11 nitrogen and oxygen atoms in total. The average molecular weight is 550 g/mol. The van der Waals surface area contributed by atoms with Crippen molar-refractivity contribution in [1.29, 1.82) is 0 Å². The summed E-state index contributed by atoms with van der Waals surface area (Å²) < 4.78 is 5.37. The Balaban J connectivity index is 1.54. The van der Waals surface area contributed by atoms with E-state index in [2.05, 4.69) is 25.9 Å². The Morgan fingerprint density at radius 2 is 1.82 bits per heavy atom. The number of ketones is 1. The van der Waals surface area contributed by atoms with E-state index >= 15 is 0 Å².